The largest absolute Gasteiger partial charge is 0.456 e. The molecule has 6 rings (SSSR count). The van der Waals surface area contributed by atoms with Crippen LogP contribution in [0.1, 0.15) is 0 Å². The first-order valence-electron chi connectivity index (χ1n) is 9.14. The fraction of sp³-hybridized carbons (Fsp3) is 0. The molecule has 5 aromatic rings. The lowest BCUT2D eigenvalue weighted by atomic mass is 9.98. The van der Waals surface area contributed by atoms with Crippen LogP contribution in [0.3, 0.4) is 0 Å². The molecule has 0 fully saturated rings. The average Bonchev–Trinajstić information content (AvgIpc) is 3.21. The SMILES string of the molecule is O=S1(=O)c2ccc(-c3ccc4oc5ccccc5c4c3)cc2-c2c(Br)cccc21. The molecule has 0 aliphatic carbocycles. The third-order valence-corrected chi connectivity index (χ3v) is 8.03. The molecule has 1 aliphatic heterocycles. The molecule has 140 valence electrons. The minimum absolute atomic E-state index is 0.357. The molecule has 5 heteroatoms. The van der Waals surface area contributed by atoms with Gasteiger partial charge in [-0.1, -0.05) is 52.3 Å². The summed E-state index contributed by atoms with van der Waals surface area (Å²) >= 11 is 3.53. The summed E-state index contributed by atoms with van der Waals surface area (Å²) in [5.74, 6) is 0. The number of para-hydroxylation sites is 1. The smallest absolute Gasteiger partial charge is 0.207 e. The molecule has 29 heavy (non-hydrogen) atoms. The molecule has 1 aliphatic rings. The second-order valence-corrected chi connectivity index (χ2v) is 9.88. The standard InChI is InChI=1S/C24H13BrO3S/c25-19-5-3-7-23-24(19)18-13-15(9-11-22(18)29(23,26)27)14-8-10-21-17(12-14)16-4-1-2-6-20(16)28-21/h1-13H. The molecule has 1 aromatic heterocycles. The first kappa shape index (κ1) is 17.0. The van der Waals surface area contributed by atoms with E-state index >= 15 is 0 Å². The van der Waals surface area contributed by atoms with Crippen molar-refractivity contribution < 1.29 is 12.8 Å². The third-order valence-electron chi connectivity index (χ3n) is 5.51. The Morgan fingerprint density at radius 1 is 0.690 bits per heavy atom. The highest BCUT2D eigenvalue weighted by atomic mass is 79.9. The number of rotatable bonds is 1. The van der Waals surface area contributed by atoms with E-state index in [1.54, 1.807) is 18.2 Å². The molecule has 0 N–H and O–H groups in total. The fourth-order valence-electron chi connectivity index (χ4n) is 4.15. The highest BCUT2D eigenvalue weighted by Gasteiger charge is 2.34. The van der Waals surface area contributed by atoms with Gasteiger partial charge in [0.15, 0.2) is 0 Å². The van der Waals surface area contributed by atoms with Crippen molar-refractivity contribution in [3.8, 4) is 22.3 Å². The van der Waals surface area contributed by atoms with Gasteiger partial charge in [-0.2, -0.15) is 0 Å². The van der Waals surface area contributed by atoms with E-state index in [1.165, 1.54) is 0 Å². The lowest BCUT2D eigenvalue weighted by Crippen LogP contribution is -1.96. The van der Waals surface area contributed by atoms with Gasteiger partial charge in [0.2, 0.25) is 9.84 Å². The number of hydrogen-bond donors (Lipinski definition) is 0. The zero-order valence-corrected chi connectivity index (χ0v) is 17.4. The molecule has 0 spiro atoms. The monoisotopic (exact) mass is 460 g/mol. The van der Waals surface area contributed by atoms with Gasteiger partial charge >= 0.3 is 0 Å². The van der Waals surface area contributed by atoms with Crippen LogP contribution in [-0.2, 0) is 9.84 Å². The summed E-state index contributed by atoms with van der Waals surface area (Å²) in [6.45, 7) is 0. The first-order chi connectivity index (χ1) is 14.0. The Bertz CT molecular complexity index is 1580. The summed E-state index contributed by atoms with van der Waals surface area (Å²) in [5.41, 5.74) is 5.16. The first-order valence-corrected chi connectivity index (χ1v) is 11.4. The van der Waals surface area contributed by atoms with Crippen molar-refractivity contribution in [2.24, 2.45) is 0 Å². The van der Waals surface area contributed by atoms with Crippen LogP contribution in [0.5, 0.6) is 0 Å². The van der Waals surface area contributed by atoms with Crippen molar-refractivity contribution in [2.45, 2.75) is 9.79 Å². The maximum atomic E-state index is 12.9. The molecule has 0 amide bonds. The number of halogens is 1. The number of hydrogen-bond acceptors (Lipinski definition) is 3. The predicted molar refractivity (Wildman–Crippen MR) is 118 cm³/mol. The second kappa shape index (κ2) is 5.81. The van der Waals surface area contributed by atoms with Gasteiger partial charge in [-0.3, -0.25) is 0 Å². The number of sulfone groups is 1. The number of furan rings is 1. The maximum Gasteiger partial charge on any atom is 0.207 e. The summed E-state index contributed by atoms with van der Waals surface area (Å²) in [5, 5.41) is 2.12. The van der Waals surface area contributed by atoms with Gasteiger partial charge in [0, 0.05) is 26.4 Å². The van der Waals surface area contributed by atoms with Crippen LogP contribution in [0.4, 0.5) is 0 Å². The number of benzene rings is 4. The van der Waals surface area contributed by atoms with Gasteiger partial charge in [0.05, 0.1) is 9.79 Å². The summed E-state index contributed by atoms with van der Waals surface area (Å²) in [4.78, 5) is 0.716. The highest BCUT2D eigenvalue weighted by Crippen LogP contribution is 2.48. The zero-order valence-electron chi connectivity index (χ0n) is 15.0. The molecule has 0 saturated heterocycles. The van der Waals surface area contributed by atoms with Crippen LogP contribution < -0.4 is 0 Å². The van der Waals surface area contributed by atoms with Crippen molar-refractivity contribution in [1.82, 2.24) is 0 Å². The van der Waals surface area contributed by atoms with E-state index < -0.39 is 9.84 Å². The summed E-state index contributed by atoms with van der Waals surface area (Å²) in [6.07, 6.45) is 0. The van der Waals surface area contributed by atoms with Crippen molar-refractivity contribution in [3.63, 3.8) is 0 Å². The van der Waals surface area contributed by atoms with E-state index in [2.05, 4.69) is 22.0 Å². The van der Waals surface area contributed by atoms with Gasteiger partial charge in [-0.05, 0) is 53.6 Å². The van der Waals surface area contributed by atoms with Crippen LogP contribution in [-0.4, -0.2) is 8.42 Å². The van der Waals surface area contributed by atoms with Crippen molar-refractivity contribution >= 4 is 47.7 Å². The topological polar surface area (TPSA) is 47.3 Å². The van der Waals surface area contributed by atoms with E-state index in [1.807, 2.05) is 54.6 Å². The zero-order chi connectivity index (χ0) is 19.8. The van der Waals surface area contributed by atoms with Crippen LogP contribution in [0.25, 0.3) is 44.2 Å². The van der Waals surface area contributed by atoms with E-state index in [9.17, 15) is 8.42 Å². The lowest BCUT2D eigenvalue weighted by Gasteiger charge is -2.06. The Hall–Kier alpha value is -2.89. The van der Waals surface area contributed by atoms with Crippen molar-refractivity contribution in [2.75, 3.05) is 0 Å². The fourth-order valence-corrected chi connectivity index (χ4v) is 6.55. The van der Waals surface area contributed by atoms with E-state index in [4.69, 9.17) is 4.42 Å². The van der Waals surface area contributed by atoms with Gasteiger partial charge in [-0.25, -0.2) is 8.42 Å². The molecule has 0 unspecified atom stereocenters. The third kappa shape index (κ3) is 2.32. The Morgan fingerprint density at radius 3 is 2.34 bits per heavy atom. The quantitative estimate of drug-likeness (QED) is 0.270. The summed E-state index contributed by atoms with van der Waals surface area (Å²) < 4.78 is 32.6. The van der Waals surface area contributed by atoms with Gasteiger partial charge in [-0.15, -0.1) is 0 Å². The van der Waals surface area contributed by atoms with Crippen molar-refractivity contribution in [3.05, 3.63) is 83.3 Å². The molecule has 3 nitrogen and oxygen atoms in total. The minimum Gasteiger partial charge on any atom is -0.456 e. The van der Waals surface area contributed by atoms with E-state index in [-0.39, 0.29) is 0 Å². The molecular formula is C24H13BrO3S. The van der Waals surface area contributed by atoms with Crippen LogP contribution in [0.2, 0.25) is 0 Å². The lowest BCUT2D eigenvalue weighted by molar-refractivity contribution is 0.598. The number of fused-ring (bicyclic) bond motifs is 6. The van der Waals surface area contributed by atoms with Crippen LogP contribution in [0.15, 0.2) is 97.5 Å². The Labute approximate surface area is 175 Å². The van der Waals surface area contributed by atoms with Crippen molar-refractivity contribution in [1.29, 1.82) is 0 Å². The molecule has 0 bridgehead atoms. The summed E-state index contributed by atoms with van der Waals surface area (Å²) in [6, 6.07) is 24.9. The van der Waals surface area contributed by atoms with Crippen LogP contribution >= 0.6 is 15.9 Å². The van der Waals surface area contributed by atoms with Gasteiger partial charge in [0.1, 0.15) is 11.2 Å². The van der Waals surface area contributed by atoms with Gasteiger partial charge in [0.25, 0.3) is 0 Å². The Balaban J connectivity index is 1.60. The van der Waals surface area contributed by atoms with E-state index in [0.717, 1.165) is 48.7 Å². The molecular weight excluding hydrogens is 448 g/mol. The molecule has 0 radical (unpaired) electrons. The molecule has 0 atom stereocenters. The second-order valence-electron chi connectivity index (χ2n) is 7.14. The van der Waals surface area contributed by atoms with Crippen LogP contribution in [0, 0.1) is 0 Å². The Morgan fingerprint density at radius 2 is 1.45 bits per heavy atom. The normalized spacial score (nSPS) is 14.2. The molecule has 4 aromatic carbocycles. The minimum atomic E-state index is -3.49. The predicted octanol–water partition coefficient (Wildman–Crippen LogP) is 6.83. The van der Waals surface area contributed by atoms with E-state index in [0.29, 0.717) is 9.79 Å². The highest BCUT2D eigenvalue weighted by molar-refractivity contribution is 9.10. The average molecular weight is 461 g/mol. The van der Waals surface area contributed by atoms with Gasteiger partial charge < -0.3 is 4.42 Å². The molecule has 2 heterocycles. The maximum absolute atomic E-state index is 12.9. The Kier molecular flexibility index (Phi) is 3.41. The molecule has 0 saturated carbocycles. The summed E-state index contributed by atoms with van der Waals surface area (Å²) in [7, 11) is -3.49.